The Hall–Kier alpha value is -2.48. The van der Waals surface area contributed by atoms with E-state index in [2.05, 4.69) is 0 Å². The fourth-order valence-electron chi connectivity index (χ4n) is 1.80. The first kappa shape index (κ1) is 13.9. The van der Waals surface area contributed by atoms with Crippen LogP contribution in [0, 0.1) is 12.7 Å². The number of allylic oxidation sites excluding steroid dienone is 2. The van der Waals surface area contributed by atoms with Crippen molar-refractivity contribution in [3.05, 3.63) is 83.2 Å². The molecule has 2 aromatic rings. The molecule has 2 aromatic carbocycles. The lowest BCUT2D eigenvalue weighted by atomic mass is 10.1. The molecule has 0 aromatic heterocycles. The van der Waals surface area contributed by atoms with Crippen LogP contribution in [0.15, 0.2) is 60.7 Å². The summed E-state index contributed by atoms with van der Waals surface area (Å²) in [4.78, 5) is 11.7. The molecule has 0 N–H and O–H groups in total. The number of carbonyl (C=O) groups is 1. The minimum atomic E-state index is -0.310. The molecule has 2 rings (SSSR count). The SMILES string of the molecule is Cc1cccc(/C=C/C(=O)/C=C/c2cccc(F)c2)c1. The summed E-state index contributed by atoms with van der Waals surface area (Å²) in [5.74, 6) is -0.439. The fourth-order valence-corrected chi connectivity index (χ4v) is 1.80. The summed E-state index contributed by atoms with van der Waals surface area (Å²) in [7, 11) is 0. The summed E-state index contributed by atoms with van der Waals surface area (Å²) in [6, 6.07) is 14.0. The Morgan fingerprint density at radius 2 is 1.55 bits per heavy atom. The van der Waals surface area contributed by atoms with Crippen molar-refractivity contribution in [3.63, 3.8) is 0 Å². The second kappa shape index (κ2) is 6.62. The van der Waals surface area contributed by atoms with Gasteiger partial charge in [0.1, 0.15) is 5.82 Å². The Kier molecular flexibility index (Phi) is 4.61. The van der Waals surface area contributed by atoms with Gasteiger partial charge in [-0.15, -0.1) is 0 Å². The van der Waals surface area contributed by atoms with Gasteiger partial charge >= 0.3 is 0 Å². The van der Waals surface area contributed by atoms with Gasteiger partial charge in [-0.2, -0.15) is 0 Å². The van der Waals surface area contributed by atoms with Crippen LogP contribution in [0.25, 0.3) is 12.2 Å². The molecule has 100 valence electrons. The number of rotatable bonds is 4. The Morgan fingerprint density at radius 3 is 2.15 bits per heavy atom. The van der Waals surface area contributed by atoms with Crippen LogP contribution in [0.1, 0.15) is 16.7 Å². The van der Waals surface area contributed by atoms with Crippen LogP contribution in [0.4, 0.5) is 4.39 Å². The predicted octanol–water partition coefficient (Wildman–Crippen LogP) is 4.43. The van der Waals surface area contributed by atoms with Crippen LogP contribution >= 0.6 is 0 Å². The van der Waals surface area contributed by atoms with Crippen molar-refractivity contribution in [1.82, 2.24) is 0 Å². The van der Waals surface area contributed by atoms with Crippen molar-refractivity contribution in [2.45, 2.75) is 6.92 Å². The minimum absolute atomic E-state index is 0.129. The molecule has 0 radical (unpaired) electrons. The van der Waals surface area contributed by atoms with Gasteiger partial charge in [-0.3, -0.25) is 4.79 Å². The summed E-state index contributed by atoms with van der Waals surface area (Å²) in [5.41, 5.74) is 2.80. The van der Waals surface area contributed by atoms with Crippen LogP contribution in [-0.2, 0) is 4.79 Å². The standard InChI is InChI=1S/C18H15FO/c1-14-4-2-5-15(12-14)8-10-18(20)11-9-16-6-3-7-17(19)13-16/h2-13H,1H3/b10-8+,11-9+. The Bertz CT molecular complexity index is 611. The molecule has 0 aliphatic carbocycles. The number of hydrogen-bond acceptors (Lipinski definition) is 1. The minimum Gasteiger partial charge on any atom is -0.290 e. The topological polar surface area (TPSA) is 17.1 Å². The van der Waals surface area contributed by atoms with Crippen molar-refractivity contribution in [2.24, 2.45) is 0 Å². The van der Waals surface area contributed by atoms with E-state index in [1.807, 2.05) is 31.2 Å². The summed E-state index contributed by atoms with van der Waals surface area (Å²) in [6.45, 7) is 2.00. The molecule has 0 bridgehead atoms. The van der Waals surface area contributed by atoms with Crippen molar-refractivity contribution in [3.8, 4) is 0 Å². The van der Waals surface area contributed by atoms with E-state index in [1.54, 1.807) is 24.3 Å². The molecule has 2 heteroatoms. The van der Waals surface area contributed by atoms with E-state index in [0.29, 0.717) is 5.56 Å². The van der Waals surface area contributed by atoms with Crippen LogP contribution in [0.2, 0.25) is 0 Å². The zero-order valence-electron chi connectivity index (χ0n) is 11.2. The van der Waals surface area contributed by atoms with Crippen LogP contribution in [0.5, 0.6) is 0 Å². The lowest BCUT2D eigenvalue weighted by Gasteiger charge is -1.94. The molecule has 0 unspecified atom stereocenters. The summed E-state index contributed by atoms with van der Waals surface area (Å²) < 4.78 is 13.0. The van der Waals surface area contributed by atoms with Gasteiger partial charge in [-0.1, -0.05) is 54.1 Å². The zero-order valence-corrected chi connectivity index (χ0v) is 11.2. The highest BCUT2D eigenvalue weighted by Crippen LogP contribution is 2.07. The number of carbonyl (C=O) groups excluding carboxylic acids is 1. The first-order chi connectivity index (χ1) is 9.63. The monoisotopic (exact) mass is 266 g/mol. The van der Waals surface area contributed by atoms with Gasteiger partial charge in [0.15, 0.2) is 5.78 Å². The van der Waals surface area contributed by atoms with Gasteiger partial charge in [0, 0.05) is 0 Å². The van der Waals surface area contributed by atoms with Crippen LogP contribution in [-0.4, -0.2) is 5.78 Å². The Morgan fingerprint density at radius 1 is 0.950 bits per heavy atom. The highest BCUT2D eigenvalue weighted by molar-refractivity contribution is 6.04. The molecular formula is C18H15FO. The highest BCUT2D eigenvalue weighted by Gasteiger charge is 1.93. The normalized spacial score (nSPS) is 11.3. The molecular weight excluding hydrogens is 251 g/mol. The van der Waals surface area contributed by atoms with E-state index in [0.717, 1.165) is 11.1 Å². The smallest absolute Gasteiger partial charge is 0.178 e. The third-order valence-corrected chi connectivity index (χ3v) is 2.77. The number of aryl methyl sites for hydroxylation is 1. The largest absolute Gasteiger partial charge is 0.290 e. The number of hydrogen-bond donors (Lipinski definition) is 0. The molecule has 0 aliphatic rings. The highest BCUT2D eigenvalue weighted by atomic mass is 19.1. The second-order valence-electron chi connectivity index (χ2n) is 4.54. The van der Waals surface area contributed by atoms with Gasteiger partial charge in [-0.25, -0.2) is 4.39 Å². The summed E-state index contributed by atoms with van der Waals surface area (Å²) >= 11 is 0. The van der Waals surface area contributed by atoms with Crippen LogP contribution in [0.3, 0.4) is 0 Å². The van der Waals surface area contributed by atoms with Crippen molar-refractivity contribution in [2.75, 3.05) is 0 Å². The molecule has 0 spiro atoms. The van der Waals surface area contributed by atoms with E-state index in [1.165, 1.54) is 24.3 Å². The molecule has 1 nitrogen and oxygen atoms in total. The third kappa shape index (κ3) is 4.32. The maximum absolute atomic E-state index is 13.0. The Balaban J connectivity index is 2.02. The van der Waals surface area contributed by atoms with Crippen molar-refractivity contribution < 1.29 is 9.18 Å². The van der Waals surface area contributed by atoms with E-state index >= 15 is 0 Å². The average Bonchev–Trinajstić information content (AvgIpc) is 2.43. The lowest BCUT2D eigenvalue weighted by molar-refractivity contribution is -0.110. The number of halogens is 1. The van der Waals surface area contributed by atoms with E-state index < -0.39 is 0 Å². The lowest BCUT2D eigenvalue weighted by Crippen LogP contribution is -1.85. The zero-order chi connectivity index (χ0) is 14.4. The van der Waals surface area contributed by atoms with Crippen LogP contribution < -0.4 is 0 Å². The quantitative estimate of drug-likeness (QED) is 0.748. The molecule has 0 amide bonds. The van der Waals surface area contributed by atoms with E-state index in [4.69, 9.17) is 0 Å². The van der Waals surface area contributed by atoms with E-state index in [9.17, 15) is 9.18 Å². The summed E-state index contributed by atoms with van der Waals surface area (Å²) in [6.07, 6.45) is 6.31. The van der Waals surface area contributed by atoms with E-state index in [-0.39, 0.29) is 11.6 Å². The average molecular weight is 266 g/mol. The maximum Gasteiger partial charge on any atom is 0.178 e. The second-order valence-corrected chi connectivity index (χ2v) is 4.54. The van der Waals surface area contributed by atoms with Crippen molar-refractivity contribution in [1.29, 1.82) is 0 Å². The maximum atomic E-state index is 13.0. The van der Waals surface area contributed by atoms with Gasteiger partial charge in [0.25, 0.3) is 0 Å². The van der Waals surface area contributed by atoms with Gasteiger partial charge in [-0.05, 0) is 42.3 Å². The molecule has 20 heavy (non-hydrogen) atoms. The first-order valence-corrected chi connectivity index (χ1v) is 6.36. The van der Waals surface area contributed by atoms with Crippen molar-refractivity contribution >= 4 is 17.9 Å². The Labute approximate surface area is 118 Å². The third-order valence-electron chi connectivity index (χ3n) is 2.77. The fraction of sp³-hybridized carbons (Fsp3) is 0.0556. The molecule has 0 atom stereocenters. The van der Waals surface area contributed by atoms with Gasteiger partial charge in [0.05, 0.1) is 0 Å². The molecule has 0 heterocycles. The molecule has 0 saturated carbocycles. The summed E-state index contributed by atoms with van der Waals surface area (Å²) in [5, 5.41) is 0. The molecule has 0 fully saturated rings. The number of ketones is 1. The van der Waals surface area contributed by atoms with Gasteiger partial charge in [0.2, 0.25) is 0 Å². The molecule has 0 aliphatic heterocycles. The predicted molar refractivity (Wildman–Crippen MR) is 80.7 cm³/mol. The first-order valence-electron chi connectivity index (χ1n) is 6.36. The number of benzene rings is 2. The molecule has 0 saturated heterocycles. The van der Waals surface area contributed by atoms with Gasteiger partial charge < -0.3 is 0 Å².